The Morgan fingerprint density at radius 2 is 2.13 bits per heavy atom. The van der Waals surface area contributed by atoms with Crippen LogP contribution in [0.1, 0.15) is 12.8 Å². The van der Waals surface area contributed by atoms with Crippen molar-refractivity contribution >= 4 is 11.9 Å². The lowest BCUT2D eigenvalue weighted by molar-refractivity contribution is -0.158. The maximum atomic E-state index is 10.8. The predicted octanol–water partition coefficient (Wildman–Crippen LogP) is 0.543. The third-order valence-corrected chi connectivity index (χ3v) is 1.67. The molecule has 1 rings (SSSR count). The first-order valence-electron chi connectivity index (χ1n) is 4.22. The van der Waals surface area contributed by atoms with Gasteiger partial charge in [-0.05, 0) is 0 Å². The van der Waals surface area contributed by atoms with Gasteiger partial charge in [0.05, 0.1) is 19.8 Å². The molecule has 1 fully saturated rings. The van der Waals surface area contributed by atoms with E-state index in [1.807, 2.05) is 0 Å². The quantitative estimate of drug-likeness (QED) is 0.321. The van der Waals surface area contributed by atoms with Gasteiger partial charge < -0.3 is 14.6 Å². The summed E-state index contributed by atoms with van der Waals surface area (Å²) in [6.45, 7) is 6.61. The molecule has 1 aliphatic heterocycles. The largest absolute Gasteiger partial charge is 0.505 e. The Balaban J connectivity index is 0.000000423. The third kappa shape index (κ3) is 3.95. The zero-order valence-electron chi connectivity index (χ0n) is 8.56. The van der Waals surface area contributed by atoms with Gasteiger partial charge in [-0.2, -0.15) is 0 Å². The van der Waals surface area contributed by atoms with Crippen molar-refractivity contribution in [3.8, 4) is 0 Å². The van der Waals surface area contributed by atoms with E-state index in [-0.39, 0.29) is 12.8 Å². The van der Waals surface area contributed by atoms with Crippen LogP contribution in [-0.2, 0) is 19.1 Å². The highest BCUT2D eigenvalue weighted by molar-refractivity contribution is 5.99. The average molecular weight is 214 g/mol. The molecule has 1 atom stereocenters. The SMILES string of the molecule is C=CCC1(O)CC(=O)OC1=O.C=COC. The number of ether oxygens (including phenoxy) is 2. The fourth-order valence-corrected chi connectivity index (χ4v) is 0.940. The van der Waals surface area contributed by atoms with Crippen LogP contribution >= 0.6 is 0 Å². The number of hydrogen-bond donors (Lipinski definition) is 1. The molecule has 1 N–H and O–H groups in total. The first-order valence-corrected chi connectivity index (χ1v) is 4.22. The maximum absolute atomic E-state index is 10.8. The summed E-state index contributed by atoms with van der Waals surface area (Å²) < 4.78 is 8.46. The first kappa shape index (κ1) is 13.4. The normalized spacial score (nSPS) is 23.6. The lowest BCUT2D eigenvalue weighted by Gasteiger charge is -2.12. The third-order valence-electron chi connectivity index (χ3n) is 1.67. The van der Waals surface area contributed by atoms with E-state index in [9.17, 15) is 14.7 Å². The molecule has 1 unspecified atom stereocenters. The first-order chi connectivity index (χ1) is 7.00. The van der Waals surface area contributed by atoms with Gasteiger partial charge in [0, 0.05) is 6.42 Å². The monoisotopic (exact) mass is 214 g/mol. The Morgan fingerprint density at radius 3 is 2.40 bits per heavy atom. The predicted molar refractivity (Wildman–Crippen MR) is 52.7 cm³/mol. The van der Waals surface area contributed by atoms with Crippen molar-refractivity contribution in [2.75, 3.05) is 7.11 Å². The summed E-state index contributed by atoms with van der Waals surface area (Å²) in [5.74, 6) is -1.55. The van der Waals surface area contributed by atoms with E-state index in [4.69, 9.17) is 0 Å². The molecule has 15 heavy (non-hydrogen) atoms. The van der Waals surface area contributed by atoms with Crippen molar-refractivity contribution in [3.05, 3.63) is 25.5 Å². The zero-order valence-corrected chi connectivity index (χ0v) is 8.56. The Labute approximate surface area is 88.0 Å². The van der Waals surface area contributed by atoms with Gasteiger partial charge >= 0.3 is 11.9 Å². The second-order valence-electron chi connectivity index (χ2n) is 2.87. The van der Waals surface area contributed by atoms with E-state index >= 15 is 0 Å². The van der Waals surface area contributed by atoms with Crippen LogP contribution in [-0.4, -0.2) is 29.8 Å². The number of carbonyl (C=O) groups is 2. The number of esters is 2. The van der Waals surface area contributed by atoms with Crippen molar-refractivity contribution in [3.63, 3.8) is 0 Å². The molecule has 0 aromatic carbocycles. The minimum Gasteiger partial charge on any atom is -0.505 e. The second-order valence-corrected chi connectivity index (χ2v) is 2.87. The number of cyclic esters (lactones) is 2. The molecule has 0 amide bonds. The van der Waals surface area contributed by atoms with E-state index in [0.29, 0.717) is 0 Å². The molecule has 1 aliphatic rings. The van der Waals surface area contributed by atoms with Crippen LogP contribution in [0.4, 0.5) is 0 Å². The molecule has 0 aliphatic carbocycles. The fourth-order valence-electron chi connectivity index (χ4n) is 0.940. The molecule has 84 valence electrons. The Morgan fingerprint density at radius 1 is 1.60 bits per heavy atom. The summed E-state index contributed by atoms with van der Waals surface area (Å²) >= 11 is 0. The van der Waals surface area contributed by atoms with Gasteiger partial charge in [0.2, 0.25) is 0 Å². The summed E-state index contributed by atoms with van der Waals surface area (Å²) in [6.07, 6.45) is 2.54. The van der Waals surface area contributed by atoms with Crippen molar-refractivity contribution in [1.82, 2.24) is 0 Å². The van der Waals surface area contributed by atoms with Crippen LogP contribution < -0.4 is 0 Å². The van der Waals surface area contributed by atoms with Crippen LogP contribution in [0.25, 0.3) is 0 Å². The summed E-state index contributed by atoms with van der Waals surface area (Å²) in [4.78, 5) is 21.3. The van der Waals surface area contributed by atoms with Crippen LogP contribution in [0.2, 0.25) is 0 Å². The highest BCUT2D eigenvalue weighted by Gasteiger charge is 2.46. The minimum absolute atomic E-state index is 0.0531. The molecule has 1 heterocycles. The van der Waals surface area contributed by atoms with E-state index in [0.717, 1.165) is 0 Å². The molecule has 0 spiro atoms. The van der Waals surface area contributed by atoms with E-state index in [2.05, 4.69) is 22.6 Å². The van der Waals surface area contributed by atoms with E-state index < -0.39 is 17.5 Å². The number of carbonyl (C=O) groups excluding carboxylic acids is 2. The minimum atomic E-state index is -1.65. The van der Waals surface area contributed by atoms with Crippen molar-refractivity contribution in [2.24, 2.45) is 0 Å². The molecule has 0 radical (unpaired) electrons. The molecule has 1 saturated heterocycles. The molecular formula is C10H14O5. The molecule has 0 aromatic heterocycles. The summed E-state index contributed by atoms with van der Waals surface area (Å²) in [5.41, 5.74) is -1.65. The molecule has 0 aromatic rings. The maximum Gasteiger partial charge on any atom is 0.346 e. The summed E-state index contributed by atoms with van der Waals surface area (Å²) in [6, 6.07) is 0. The van der Waals surface area contributed by atoms with Gasteiger partial charge in [0.1, 0.15) is 0 Å². The Bertz CT molecular complexity index is 271. The highest BCUT2D eigenvalue weighted by atomic mass is 16.6. The standard InChI is InChI=1S/C7H8O4.C3H6O/c1-2-3-7(10)4-5(8)11-6(7)9;1-3-4-2/h2,10H,1,3-4H2;3H,1H2,2H3. The smallest absolute Gasteiger partial charge is 0.346 e. The van der Waals surface area contributed by atoms with Gasteiger partial charge in [-0.1, -0.05) is 12.7 Å². The highest BCUT2D eigenvalue weighted by Crippen LogP contribution is 2.24. The van der Waals surface area contributed by atoms with Gasteiger partial charge in [0.15, 0.2) is 5.60 Å². The average Bonchev–Trinajstić information content (AvgIpc) is 2.41. The zero-order chi connectivity index (χ0) is 11.9. The molecule has 5 heteroatoms. The van der Waals surface area contributed by atoms with Crippen molar-refractivity contribution in [1.29, 1.82) is 0 Å². The summed E-state index contributed by atoms with van der Waals surface area (Å²) in [5, 5.41) is 9.36. The van der Waals surface area contributed by atoms with Crippen molar-refractivity contribution in [2.45, 2.75) is 18.4 Å². The van der Waals surface area contributed by atoms with Crippen molar-refractivity contribution < 1.29 is 24.2 Å². The van der Waals surface area contributed by atoms with Crippen LogP contribution in [0.3, 0.4) is 0 Å². The Kier molecular flexibility index (Phi) is 5.33. The van der Waals surface area contributed by atoms with E-state index in [1.165, 1.54) is 12.3 Å². The molecular weight excluding hydrogens is 200 g/mol. The Hall–Kier alpha value is -1.62. The molecule has 5 nitrogen and oxygen atoms in total. The second kappa shape index (κ2) is 5.98. The summed E-state index contributed by atoms with van der Waals surface area (Å²) in [7, 11) is 1.56. The van der Waals surface area contributed by atoms with Gasteiger partial charge in [-0.25, -0.2) is 4.79 Å². The van der Waals surface area contributed by atoms with Gasteiger partial charge in [-0.15, -0.1) is 6.58 Å². The van der Waals surface area contributed by atoms with E-state index in [1.54, 1.807) is 7.11 Å². The lowest BCUT2D eigenvalue weighted by atomic mass is 9.98. The number of methoxy groups -OCH3 is 1. The molecule has 0 bridgehead atoms. The number of rotatable bonds is 3. The number of hydrogen-bond acceptors (Lipinski definition) is 5. The van der Waals surface area contributed by atoms with Crippen LogP contribution in [0.15, 0.2) is 25.5 Å². The van der Waals surface area contributed by atoms with Gasteiger partial charge in [0.25, 0.3) is 0 Å². The lowest BCUT2D eigenvalue weighted by Crippen LogP contribution is -2.33. The van der Waals surface area contributed by atoms with Crippen LogP contribution in [0, 0.1) is 0 Å². The molecule has 0 saturated carbocycles. The van der Waals surface area contributed by atoms with Crippen LogP contribution in [0.5, 0.6) is 0 Å². The number of aliphatic hydroxyl groups is 1. The topological polar surface area (TPSA) is 72.8 Å². The fraction of sp³-hybridized carbons (Fsp3) is 0.400. The van der Waals surface area contributed by atoms with Gasteiger partial charge in [-0.3, -0.25) is 4.79 Å².